The lowest BCUT2D eigenvalue weighted by atomic mass is 9.86. The number of anilines is 1. The van der Waals surface area contributed by atoms with Crippen molar-refractivity contribution in [2.45, 2.75) is 58.4 Å². The summed E-state index contributed by atoms with van der Waals surface area (Å²) in [5.41, 5.74) is 9.97. The monoisotopic (exact) mass is 332 g/mol. The number of halogens is 2. The number of unbranched alkanes of at least 4 members (excludes halogenated alkanes) is 1. The Balaban J connectivity index is 0.00000200. The maximum absolute atomic E-state index is 6.09. The van der Waals surface area contributed by atoms with Crippen molar-refractivity contribution in [1.82, 2.24) is 4.90 Å². The number of fused-ring (bicyclic) bond motifs is 1. The summed E-state index contributed by atoms with van der Waals surface area (Å²) in [6.07, 6.45) is 7.47. The predicted octanol–water partition coefficient (Wildman–Crippen LogP) is 4.48. The molecule has 1 aromatic carbocycles. The van der Waals surface area contributed by atoms with Crippen LogP contribution < -0.4 is 5.73 Å². The zero-order chi connectivity index (χ0) is 13.7. The second-order valence-electron chi connectivity index (χ2n) is 5.77. The largest absolute Gasteiger partial charge is 0.398 e. The van der Waals surface area contributed by atoms with E-state index in [1.54, 1.807) is 0 Å². The first-order valence-electron chi connectivity index (χ1n) is 7.86. The van der Waals surface area contributed by atoms with Crippen LogP contribution in [0.5, 0.6) is 0 Å². The third kappa shape index (κ3) is 5.36. The molecule has 1 unspecified atom stereocenters. The molecule has 0 aliphatic heterocycles. The van der Waals surface area contributed by atoms with Crippen molar-refractivity contribution in [2.24, 2.45) is 0 Å². The van der Waals surface area contributed by atoms with E-state index in [4.69, 9.17) is 5.73 Å². The molecule has 1 aromatic rings. The standard InChI is InChI=1S/C17H28N2.2ClH/c1-3-5-12-19(11-4-2)15-9-10-16-14(13-15)7-6-8-17(16)18;;/h6-8,15H,3-5,9-13,18H2,1-2H3;2*1H. The maximum Gasteiger partial charge on any atom is 0.0349 e. The minimum atomic E-state index is 0. The van der Waals surface area contributed by atoms with Crippen LogP contribution in [0.3, 0.4) is 0 Å². The predicted molar refractivity (Wildman–Crippen MR) is 97.9 cm³/mol. The fourth-order valence-electron chi connectivity index (χ4n) is 3.25. The van der Waals surface area contributed by atoms with Crippen LogP contribution in [0.25, 0.3) is 0 Å². The lowest BCUT2D eigenvalue weighted by Crippen LogP contribution is -2.40. The molecule has 4 heteroatoms. The lowest BCUT2D eigenvalue weighted by molar-refractivity contribution is 0.177. The third-order valence-corrected chi connectivity index (χ3v) is 4.32. The van der Waals surface area contributed by atoms with Crippen LogP contribution in [0.4, 0.5) is 5.69 Å². The van der Waals surface area contributed by atoms with Crippen LogP contribution in [-0.4, -0.2) is 24.0 Å². The van der Waals surface area contributed by atoms with E-state index in [1.807, 2.05) is 6.07 Å². The molecule has 2 rings (SSSR count). The van der Waals surface area contributed by atoms with Crippen molar-refractivity contribution in [1.29, 1.82) is 0 Å². The number of nitrogen functional groups attached to an aromatic ring is 1. The van der Waals surface area contributed by atoms with Gasteiger partial charge in [0.05, 0.1) is 0 Å². The van der Waals surface area contributed by atoms with Gasteiger partial charge < -0.3 is 10.6 Å². The van der Waals surface area contributed by atoms with Gasteiger partial charge in [-0.25, -0.2) is 0 Å². The number of hydrogen-bond acceptors (Lipinski definition) is 2. The molecule has 0 saturated carbocycles. The molecule has 1 aliphatic rings. The van der Waals surface area contributed by atoms with Gasteiger partial charge in [0.15, 0.2) is 0 Å². The summed E-state index contributed by atoms with van der Waals surface area (Å²) in [6.45, 7) is 7.06. The van der Waals surface area contributed by atoms with Crippen LogP contribution in [0.1, 0.15) is 50.7 Å². The van der Waals surface area contributed by atoms with Crippen LogP contribution >= 0.6 is 24.8 Å². The van der Waals surface area contributed by atoms with Gasteiger partial charge in [-0.2, -0.15) is 0 Å². The molecular weight excluding hydrogens is 303 g/mol. The molecule has 2 N–H and O–H groups in total. The Morgan fingerprint density at radius 3 is 2.57 bits per heavy atom. The van der Waals surface area contributed by atoms with Crippen LogP contribution in [0.15, 0.2) is 18.2 Å². The van der Waals surface area contributed by atoms with E-state index in [0.29, 0.717) is 0 Å². The average molecular weight is 333 g/mol. The molecule has 0 spiro atoms. The van der Waals surface area contributed by atoms with Gasteiger partial charge in [0.2, 0.25) is 0 Å². The van der Waals surface area contributed by atoms with Gasteiger partial charge in [-0.05, 0) is 62.4 Å². The van der Waals surface area contributed by atoms with E-state index in [2.05, 4.69) is 30.9 Å². The molecule has 1 atom stereocenters. The summed E-state index contributed by atoms with van der Waals surface area (Å²) < 4.78 is 0. The van der Waals surface area contributed by atoms with Crippen LogP contribution in [0, 0.1) is 0 Å². The molecular formula is C17H30Cl2N2. The Morgan fingerprint density at radius 2 is 1.90 bits per heavy atom. The van der Waals surface area contributed by atoms with Crippen LogP contribution in [0.2, 0.25) is 0 Å². The van der Waals surface area contributed by atoms with E-state index < -0.39 is 0 Å². The topological polar surface area (TPSA) is 29.3 Å². The highest BCUT2D eigenvalue weighted by Gasteiger charge is 2.24. The molecule has 0 fully saturated rings. The Labute approximate surface area is 142 Å². The SMILES string of the molecule is CCCCN(CCC)C1CCc2c(N)cccc2C1.Cl.Cl. The Morgan fingerprint density at radius 1 is 1.14 bits per heavy atom. The number of hydrogen-bond donors (Lipinski definition) is 1. The lowest BCUT2D eigenvalue weighted by Gasteiger charge is -2.35. The molecule has 0 heterocycles. The summed E-state index contributed by atoms with van der Waals surface area (Å²) in [6, 6.07) is 7.13. The highest BCUT2D eigenvalue weighted by Crippen LogP contribution is 2.28. The molecule has 1 aliphatic carbocycles. The molecule has 0 saturated heterocycles. The number of nitrogens with two attached hydrogens (primary N) is 1. The van der Waals surface area contributed by atoms with Crippen LogP contribution in [-0.2, 0) is 12.8 Å². The molecule has 2 nitrogen and oxygen atoms in total. The number of benzene rings is 1. The Hall–Kier alpha value is -0.440. The fraction of sp³-hybridized carbons (Fsp3) is 0.647. The zero-order valence-electron chi connectivity index (χ0n) is 13.3. The van der Waals surface area contributed by atoms with Gasteiger partial charge >= 0.3 is 0 Å². The summed E-state index contributed by atoms with van der Waals surface area (Å²) in [5.74, 6) is 0. The second-order valence-corrected chi connectivity index (χ2v) is 5.77. The zero-order valence-corrected chi connectivity index (χ0v) is 14.9. The van der Waals surface area contributed by atoms with Crippen molar-refractivity contribution >= 4 is 30.5 Å². The first kappa shape index (κ1) is 20.6. The highest BCUT2D eigenvalue weighted by atomic mass is 35.5. The normalized spacial score (nSPS) is 16.8. The summed E-state index contributed by atoms with van der Waals surface area (Å²) in [5, 5.41) is 0. The summed E-state index contributed by atoms with van der Waals surface area (Å²) in [7, 11) is 0. The highest BCUT2D eigenvalue weighted by molar-refractivity contribution is 5.85. The average Bonchev–Trinajstić information content (AvgIpc) is 2.43. The van der Waals surface area contributed by atoms with E-state index in [-0.39, 0.29) is 24.8 Å². The fourth-order valence-corrected chi connectivity index (χ4v) is 3.25. The van der Waals surface area contributed by atoms with Gasteiger partial charge in [-0.1, -0.05) is 32.4 Å². The summed E-state index contributed by atoms with van der Waals surface area (Å²) in [4.78, 5) is 2.70. The van der Waals surface area contributed by atoms with Crippen molar-refractivity contribution in [2.75, 3.05) is 18.8 Å². The quantitative estimate of drug-likeness (QED) is 0.778. The van der Waals surface area contributed by atoms with Crippen molar-refractivity contribution in [3.8, 4) is 0 Å². The van der Waals surface area contributed by atoms with Crippen molar-refractivity contribution in [3.63, 3.8) is 0 Å². The Bertz CT molecular complexity index is 410. The molecule has 0 amide bonds. The number of rotatable bonds is 6. The van der Waals surface area contributed by atoms with Gasteiger partial charge in [-0.15, -0.1) is 24.8 Å². The second kappa shape index (κ2) is 10.3. The van der Waals surface area contributed by atoms with E-state index >= 15 is 0 Å². The first-order chi connectivity index (χ1) is 9.26. The van der Waals surface area contributed by atoms with Gasteiger partial charge in [-0.3, -0.25) is 0 Å². The molecule has 0 radical (unpaired) electrons. The smallest absolute Gasteiger partial charge is 0.0349 e. The van der Waals surface area contributed by atoms with Crippen molar-refractivity contribution in [3.05, 3.63) is 29.3 Å². The summed E-state index contributed by atoms with van der Waals surface area (Å²) >= 11 is 0. The van der Waals surface area contributed by atoms with Crippen molar-refractivity contribution < 1.29 is 0 Å². The third-order valence-electron chi connectivity index (χ3n) is 4.32. The van der Waals surface area contributed by atoms with E-state index in [0.717, 1.165) is 18.2 Å². The molecule has 0 bridgehead atoms. The molecule has 0 aromatic heterocycles. The molecule has 21 heavy (non-hydrogen) atoms. The van der Waals surface area contributed by atoms with E-state index in [9.17, 15) is 0 Å². The van der Waals surface area contributed by atoms with Gasteiger partial charge in [0.25, 0.3) is 0 Å². The van der Waals surface area contributed by atoms with Gasteiger partial charge in [0.1, 0.15) is 0 Å². The van der Waals surface area contributed by atoms with Gasteiger partial charge in [0, 0.05) is 11.7 Å². The maximum atomic E-state index is 6.09. The first-order valence-corrected chi connectivity index (χ1v) is 7.86. The van der Waals surface area contributed by atoms with E-state index in [1.165, 1.54) is 56.3 Å². The molecule has 122 valence electrons. The minimum Gasteiger partial charge on any atom is -0.398 e. The Kier molecular flexibility index (Phi) is 10.1. The number of nitrogens with zero attached hydrogens (tertiary/aromatic N) is 1. The minimum absolute atomic E-state index is 0.